The minimum atomic E-state index is -4.45. The van der Waals surface area contributed by atoms with Crippen molar-refractivity contribution in [1.82, 2.24) is 18.8 Å². The lowest BCUT2D eigenvalue weighted by atomic mass is 9.96. The molecule has 3 rings (SSSR count). The average molecular weight is 479 g/mol. The highest BCUT2D eigenvalue weighted by atomic mass is 32.2. The molecule has 8 nitrogen and oxygen atoms in total. The zero-order chi connectivity index (χ0) is 24.6. The number of carboxylic acid groups (broad SMARTS) is 1. The van der Waals surface area contributed by atoms with Crippen LogP contribution in [0.1, 0.15) is 31.9 Å². The molecule has 3 aromatic heterocycles. The Morgan fingerprint density at radius 1 is 1.15 bits per heavy atom. The molecule has 3 heterocycles. The lowest BCUT2D eigenvalue weighted by molar-refractivity contribution is 0.122. The van der Waals surface area contributed by atoms with Gasteiger partial charge < -0.3 is 10.0 Å². The highest BCUT2D eigenvalue weighted by Crippen LogP contribution is 2.33. The Morgan fingerprint density at radius 3 is 2.36 bits per heavy atom. The van der Waals surface area contributed by atoms with Crippen LogP contribution in [0.4, 0.5) is 13.6 Å². The van der Waals surface area contributed by atoms with Gasteiger partial charge in [-0.3, -0.25) is 0 Å². The molecule has 11 heteroatoms. The molecule has 0 bridgehead atoms. The van der Waals surface area contributed by atoms with Crippen LogP contribution in [-0.2, 0) is 16.6 Å². The maximum absolute atomic E-state index is 15.6. The Morgan fingerprint density at radius 2 is 1.79 bits per heavy atom. The van der Waals surface area contributed by atoms with Crippen LogP contribution in [0.5, 0.6) is 0 Å². The van der Waals surface area contributed by atoms with E-state index in [1.54, 1.807) is 6.07 Å². The Hall–Kier alpha value is -3.34. The first-order valence-electron chi connectivity index (χ1n) is 9.98. The van der Waals surface area contributed by atoms with Crippen LogP contribution in [0.3, 0.4) is 0 Å². The van der Waals surface area contributed by atoms with Crippen LogP contribution < -0.4 is 0 Å². The highest BCUT2D eigenvalue weighted by Gasteiger charge is 2.31. The van der Waals surface area contributed by atoms with Crippen molar-refractivity contribution >= 4 is 16.1 Å². The van der Waals surface area contributed by atoms with Crippen molar-refractivity contribution in [3.63, 3.8) is 0 Å². The normalized spacial score (nSPS) is 12.1. The second-order valence-electron chi connectivity index (χ2n) is 8.78. The number of carbonyl (C=O) groups is 1. The number of aryl methyl sites for hydroxylation is 1. The maximum atomic E-state index is 15.6. The summed E-state index contributed by atoms with van der Waals surface area (Å²) >= 11 is 0. The second-order valence-corrected chi connectivity index (χ2v) is 10.5. The van der Waals surface area contributed by atoms with Crippen LogP contribution in [0.25, 0.3) is 11.3 Å². The summed E-state index contributed by atoms with van der Waals surface area (Å²) in [7, 11) is -4.45. The molecule has 0 saturated carbocycles. The molecule has 0 aromatic carbocycles. The first kappa shape index (κ1) is 24.3. The quantitative estimate of drug-likeness (QED) is 0.530. The fourth-order valence-electron chi connectivity index (χ4n) is 3.41. The van der Waals surface area contributed by atoms with Crippen LogP contribution in [0.2, 0.25) is 0 Å². The molecule has 0 spiro atoms. The van der Waals surface area contributed by atoms with Gasteiger partial charge in [0.15, 0.2) is 10.8 Å². The van der Waals surface area contributed by atoms with Crippen molar-refractivity contribution < 1.29 is 27.1 Å². The average Bonchev–Trinajstić information content (AvgIpc) is 3.04. The molecule has 0 fully saturated rings. The highest BCUT2D eigenvalue weighted by molar-refractivity contribution is 7.90. The fraction of sp³-hybridized carbons (Fsp3) is 0.318. The topological polar surface area (TPSA) is 105 Å². The van der Waals surface area contributed by atoms with Gasteiger partial charge in [-0.1, -0.05) is 26.8 Å². The molecule has 1 amide bonds. The molecular formula is C22H24F2N4O4S. The SMILES string of the molecule is Cc1cccnc1S(=O)(=O)n1cc(CN(CC(C)(C)C)C(=O)O)c(F)c1-c1cccnc1F. The minimum absolute atomic E-state index is 0.0651. The monoisotopic (exact) mass is 478 g/mol. The summed E-state index contributed by atoms with van der Waals surface area (Å²) in [6, 6.07) is 5.62. The molecular weight excluding hydrogens is 454 g/mol. The summed E-state index contributed by atoms with van der Waals surface area (Å²) in [6.45, 7) is 6.60. The number of hydrogen-bond donors (Lipinski definition) is 1. The van der Waals surface area contributed by atoms with Crippen molar-refractivity contribution in [3.8, 4) is 11.3 Å². The van der Waals surface area contributed by atoms with Crippen LogP contribution in [0.15, 0.2) is 47.9 Å². The summed E-state index contributed by atoms with van der Waals surface area (Å²) in [5, 5.41) is 9.27. The molecule has 33 heavy (non-hydrogen) atoms. The third-order valence-electron chi connectivity index (χ3n) is 4.76. The number of pyridine rings is 2. The molecule has 176 valence electrons. The third kappa shape index (κ3) is 5.03. The van der Waals surface area contributed by atoms with Gasteiger partial charge in [-0.15, -0.1) is 0 Å². The fourth-order valence-corrected chi connectivity index (χ4v) is 4.95. The molecule has 0 aliphatic carbocycles. The Labute approximate surface area is 190 Å². The van der Waals surface area contributed by atoms with Crippen molar-refractivity contribution in [1.29, 1.82) is 0 Å². The Balaban J connectivity index is 2.24. The number of nitrogens with zero attached hydrogens (tertiary/aromatic N) is 4. The van der Waals surface area contributed by atoms with Gasteiger partial charge in [0, 0.05) is 30.7 Å². The van der Waals surface area contributed by atoms with Crippen molar-refractivity contribution in [2.24, 2.45) is 5.41 Å². The van der Waals surface area contributed by atoms with E-state index in [0.29, 0.717) is 9.54 Å². The minimum Gasteiger partial charge on any atom is -0.465 e. The summed E-state index contributed by atoms with van der Waals surface area (Å²) in [5.74, 6) is -2.13. The van der Waals surface area contributed by atoms with Gasteiger partial charge in [-0.05, 0) is 36.1 Å². The molecule has 0 aliphatic heterocycles. The van der Waals surface area contributed by atoms with E-state index in [4.69, 9.17) is 0 Å². The van der Waals surface area contributed by atoms with Crippen molar-refractivity contribution in [2.75, 3.05) is 6.54 Å². The molecule has 3 aromatic rings. The number of aromatic nitrogens is 3. The van der Waals surface area contributed by atoms with E-state index in [1.807, 2.05) is 20.8 Å². The largest absolute Gasteiger partial charge is 0.465 e. The standard InChI is InChI=1S/C22H24F2N4O4S/c1-14-7-5-10-26-20(14)33(31,32)28-12-15(11-27(21(29)30)13-22(2,3)4)17(23)18(28)16-8-6-9-25-19(16)24/h5-10,12H,11,13H2,1-4H3,(H,29,30). The molecule has 1 N–H and O–H groups in total. The molecule has 0 aliphatic rings. The van der Waals surface area contributed by atoms with Gasteiger partial charge >= 0.3 is 6.09 Å². The van der Waals surface area contributed by atoms with Crippen LogP contribution >= 0.6 is 0 Å². The maximum Gasteiger partial charge on any atom is 0.407 e. The Bertz CT molecular complexity index is 1300. The van der Waals surface area contributed by atoms with Crippen LogP contribution in [0, 0.1) is 24.1 Å². The van der Waals surface area contributed by atoms with Gasteiger partial charge in [0.05, 0.1) is 12.1 Å². The van der Waals surface area contributed by atoms with Gasteiger partial charge in [-0.2, -0.15) is 12.8 Å². The van der Waals surface area contributed by atoms with Crippen molar-refractivity contribution in [3.05, 3.63) is 65.7 Å². The molecule has 0 radical (unpaired) electrons. The molecule has 0 unspecified atom stereocenters. The lowest BCUT2D eigenvalue weighted by Crippen LogP contribution is -2.36. The van der Waals surface area contributed by atoms with E-state index in [0.717, 1.165) is 17.3 Å². The summed E-state index contributed by atoms with van der Waals surface area (Å²) in [6.07, 6.45) is 2.10. The van der Waals surface area contributed by atoms with E-state index >= 15 is 4.39 Å². The summed E-state index contributed by atoms with van der Waals surface area (Å²) in [4.78, 5) is 20.2. The molecule has 0 atom stereocenters. The second kappa shape index (κ2) is 8.89. The zero-order valence-corrected chi connectivity index (χ0v) is 19.4. The predicted molar refractivity (Wildman–Crippen MR) is 117 cm³/mol. The summed E-state index contributed by atoms with van der Waals surface area (Å²) in [5.41, 5.74) is -1.31. The number of hydrogen-bond acceptors (Lipinski definition) is 5. The number of halogens is 2. The Kier molecular flexibility index (Phi) is 6.55. The van der Waals surface area contributed by atoms with Crippen LogP contribution in [-0.4, -0.2) is 45.0 Å². The number of rotatable bonds is 6. The van der Waals surface area contributed by atoms with Gasteiger partial charge in [0.1, 0.15) is 5.69 Å². The van der Waals surface area contributed by atoms with Gasteiger partial charge in [0.25, 0.3) is 10.0 Å². The summed E-state index contributed by atoms with van der Waals surface area (Å²) < 4.78 is 57.6. The van der Waals surface area contributed by atoms with E-state index < -0.39 is 45.5 Å². The third-order valence-corrected chi connectivity index (χ3v) is 6.48. The lowest BCUT2D eigenvalue weighted by Gasteiger charge is -2.27. The zero-order valence-electron chi connectivity index (χ0n) is 18.6. The predicted octanol–water partition coefficient (Wildman–Crippen LogP) is 4.29. The first-order valence-corrected chi connectivity index (χ1v) is 11.4. The van der Waals surface area contributed by atoms with Crippen molar-refractivity contribution in [2.45, 2.75) is 39.3 Å². The first-order chi connectivity index (χ1) is 15.3. The van der Waals surface area contributed by atoms with E-state index in [1.165, 1.54) is 31.3 Å². The number of amides is 1. The van der Waals surface area contributed by atoms with E-state index in [2.05, 4.69) is 9.97 Å². The smallest absolute Gasteiger partial charge is 0.407 e. The van der Waals surface area contributed by atoms with E-state index in [9.17, 15) is 22.7 Å². The van der Waals surface area contributed by atoms with E-state index in [-0.39, 0.29) is 22.7 Å². The van der Waals surface area contributed by atoms with Gasteiger partial charge in [0.2, 0.25) is 5.95 Å². The molecule has 0 saturated heterocycles. The van der Waals surface area contributed by atoms with Gasteiger partial charge in [-0.25, -0.2) is 23.1 Å².